The quantitative estimate of drug-likeness (QED) is 0.278. The highest BCUT2D eigenvalue weighted by atomic mass is 16.2. The summed E-state index contributed by atoms with van der Waals surface area (Å²) in [6.07, 6.45) is 1.99. The van der Waals surface area contributed by atoms with Crippen LogP contribution in [0.2, 0.25) is 0 Å². The van der Waals surface area contributed by atoms with Gasteiger partial charge in [-0.3, -0.25) is 19.5 Å². The third kappa shape index (κ3) is 3.12. The van der Waals surface area contributed by atoms with Crippen LogP contribution < -0.4 is 0 Å². The van der Waals surface area contributed by atoms with Crippen molar-refractivity contribution in [3.05, 3.63) is 143 Å². The molecule has 2 atom stereocenters. The second-order valence-electron chi connectivity index (χ2n) is 10.2. The van der Waals surface area contributed by atoms with E-state index in [1.807, 2.05) is 79.0 Å². The summed E-state index contributed by atoms with van der Waals surface area (Å²) in [4.78, 5) is 34.8. The molecule has 1 fully saturated rings. The molecule has 4 nitrogen and oxygen atoms in total. The number of rotatable bonds is 5. The summed E-state index contributed by atoms with van der Waals surface area (Å²) in [5.74, 6) is -1.27. The number of aliphatic imine (C=N–C) groups is 1. The Morgan fingerprint density at radius 3 is 1.84 bits per heavy atom. The van der Waals surface area contributed by atoms with Gasteiger partial charge in [-0.2, -0.15) is 0 Å². The molecule has 1 heterocycles. The largest absolute Gasteiger partial charge is 0.291 e. The molecule has 180 valence electrons. The summed E-state index contributed by atoms with van der Waals surface area (Å²) < 4.78 is 0. The summed E-state index contributed by atoms with van der Waals surface area (Å²) in [5, 5.41) is 0. The van der Waals surface area contributed by atoms with E-state index in [0.29, 0.717) is 13.1 Å². The molecule has 2 unspecified atom stereocenters. The molecule has 4 aliphatic rings. The summed E-state index contributed by atoms with van der Waals surface area (Å²) >= 11 is 0. The minimum Gasteiger partial charge on any atom is -0.291 e. The van der Waals surface area contributed by atoms with Gasteiger partial charge in [-0.1, -0.05) is 109 Å². The summed E-state index contributed by atoms with van der Waals surface area (Å²) in [6, 6.07) is 36.6. The number of carbonyl (C=O) groups is 2. The maximum absolute atomic E-state index is 14.2. The van der Waals surface area contributed by atoms with Gasteiger partial charge in [0.15, 0.2) is 0 Å². The molecule has 0 saturated carbocycles. The standard InChI is InChI=1S/C33H26N2O2/c36-31-29-28-24-15-7-9-17-26(24)33(27-18-10-8-16-25(27)28,21-34-19-22-11-3-1-4-12-22)30(29)32(37)35(31)20-23-13-5-2-6-14-23/h1-18,21,28-30H,19-20H2. The van der Waals surface area contributed by atoms with Crippen molar-refractivity contribution in [2.45, 2.75) is 24.4 Å². The Hall–Kier alpha value is -4.31. The molecule has 0 aromatic heterocycles. The number of likely N-dealkylation sites (tertiary alicyclic amines) is 1. The molecule has 4 aromatic carbocycles. The van der Waals surface area contributed by atoms with Crippen LogP contribution >= 0.6 is 0 Å². The Morgan fingerprint density at radius 1 is 0.676 bits per heavy atom. The van der Waals surface area contributed by atoms with Gasteiger partial charge in [0, 0.05) is 12.1 Å². The predicted molar refractivity (Wildman–Crippen MR) is 143 cm³/mol. The first-order valence-corrected chi connectivity index (χ1v) is 12.8. The zero-order chi connectivity index (χ0) is 25.0. The third-order valence-corrected chi connectivity index (χ3v) is 8.37. The van der Waals surface area contributed by atoms with Gasteiger partial charge >= 0.3 is 0 Å². The van der Waals surface area contributed by atoms with E-state index in [2.05, 4.69) is 36.4 Å². The zero-order valence-corrected chi connectivity index (χ0v) is 20.3. The zero-order valence-electron chi connectivity index (χ0n) is 20.3. The highest BCUT2D eigenvalue weighted by molar-refractivity contribution is 6.11. The van der Waals surface area contributed by atoms with Gasteiger partial charge in [0.2, 0.25) is 11.8 Å². The van der Waals surface area contributed by atoms with Crippen LogP contribution in [0.1, 0.15) is 39.3 Å². The molecule has 4 aromatic rings. The van der Waals surface area contributed by atoms with Crippen LogP contribution in [0.5, 0.6) is 0 Å². The lowest BCUT2D eigenvalue weighted by molar-refractivity contribution is -0.140. The Labute approximate surface area is 216 Å². The molecular weight excluding hydrogens is 456 g/mol. The van der Waals surface area contributed by atoms with E-state index in [1.165, 1.54) is 4.90 Å². The van der Waals surface area contributed by atoms with E-state index in [4.69, 9.17) is 4.99 Å². The second-order valence-corrected chi connectivity index (χ2v) is 10.2. The SMILES string of the molecule is O=C1C2C3c4ccccc4C(C=NCc4ccccc4)(c4ccccc43)C2C(=O)N1Cc1ccccc1. The second kappa shape index (κ2) is 8.38. The molecule has 0 N–H and O–H groups in total. The maximum Gasteiger partial charge on any atom is 0.235 e. The van der Waals surface area contributed by atoms with Crippen molar-refractivity contribution >= 4 is 18.0 Å². The first-order valence-electron chi connectivity index (χ1n) is 12.8. The Balaban J connectivity index is 1.41. The number of nitrogens with zero attached hydrogens (tertiary/aromatic N) is 2. The van der Waals surface area contributed by atoms with Crippen LogP contribution in [0.3, 0.4) is 0 Å². The molecule has 2 amide bonds. The highest BCUT2D eigenvalue weighted by Crippen LogP contribution is 2.63. The molecule has 0 radical (unpaired) electrons. The molecule has 8 rings (SSSR count). The summed E-state index contributed by atoms with van der Waals surface area (Å²) in [5.41, 5.74) is 5.74. The third-order valence-electron chi connectivity index (χ3n) is 8.37. The van der Waals surface area contributed by atoms with Crippen LogP contribution in [0, 0.1) is 11.8 Å². The summed E-state index contributed by atoms with van der Waals surface area (Å²) in [7, 11) is 0. The lowest BCUT2D eigenvalue weighted by atomic mass is 9.47. The van der Waals surface area contributed by atoms with Crippen molar-refractivity contribution in [3.63, 3.8) is 0 Å². The van der Waals surface area contributed by atoms with Crippen LogP contribution in [-0.4, -0.2) is 22.9 Å². The van der Waals surface area contributed by atoms with Gasteiger partial charge in [0.25, 0.3) is 0 Å². The minimum absolute atomic E-state index is 0.0753. The van der Waals surface area contributed by atoms with Crippen molar-refractivity contribution < 1.29 is 9.59 Å². The van der Waals surface area contributed by atoms with Gasteiger partial charge < -0.3 is 0 Å². The topological polar surface area (TPSA) is 49.7 Å². The highest BCUT2D eigenvalue weighted by Gasteiger charge is 2.67. The van der Waals surface area contributed by atoms with E-state index in [1.54, 1.807) is 0 Å². The number of hydrogen-bond acceptors (Lipinski definition) is 3. The lowest BCUT2D eigenvalue weighted by Gasteiger charge is -2.52. The molecule has 1 saturated heterocycles. The van der Waals surface area contributed by atoms with Crippen LogP contribution in [0.25, 0.3) is 0 Å². The van der Waals surface area contributed by atoms with Crippen molar-refractivity contribution in [1.29, 1.82) is 0 Å². The first-order chi connectivity index (χ1) is 18.2. The fraction of sp³-hybridized carbons (Fsp3) is 0.182. The van der Waals surface area contributed by atoms with E-state index in [-0.39, 0.29) is 17.7 Å². The van der Waals surface area contributed by atoms with Gasteiger partial charge in [-0.05, 0) is 33.4 Å². The fourth-order valence-corrected chi connectivity index (χ4v) is 6.91. The van der Waals surface area contributed by atoms with Crippen molar-refractivity contribution in [2.24, 2.45) is 16.8 Å². The molecule has 4 heteroatoms. The Kier molecular flexibility index (Phi) is 4.97. The van der Waals surface area contributed by atoms with E-state index in [9.17, 15) is 9.59 Å². The van der Waals surface area contributed by atoms with Crippen LogP contribution in [0.15, 0.2) is 114 Å². The number of benzene rings is 4. The molecule has 1 aliphatic heterocycles. The lowest BCUT2D eigenvalue weighted by Crippen LogP contribution is -2.54. The van der Waals surface area contributed by atoms with Crippen molar-refractivity contribution in [3.8, 4) is 0 Å². The maximum atomic E-state index is 14.2. The van der Waals surface area contributed by atoms with E-state index in [0.717, 1.165) is 33.4 Å². The van der Waals surface area contributed by atoms with E-state index >= 15 is 0 Å². The molecule has 3 aliphatic carbocycles. The minimum atomic E-state index is -0.792. The average Bonchev–Trinajstić information content (AvgIpc) is 3.20. The molecule has 2 bridgehead atoms. The van der Waals surface area contributed by atoms with Crippen molar-refractivity contribution in [2.75, 3.05) is 0 Å². The van der Waals surface area contributed by atoms with Crippen LogP contribution in [0.4, 0.5) is 0 Å². The fourth-order valence-electron chi connectivity index (χ4n) is 6.91. The predicted octanol–water partition coefficient (Wildman–Crippen LogP) is 5.50. The average molecular weight is 483 g/mol. The number of carbonyl (C=O) groups excluding carboxylic acids is 2. The number of hydrogen-bond donors (Lipinski definition) is 0. The first kappa shape index (κ1) is 21.9. The molecular formula is C33H26N2O2. The normalized spacial score (nSPS) is 25.3. The monoisotopic (exact) mass is 482 g/mol. The Morgan fingerprint density at radius 2 is 1.22 bits per heavy atom. The van der Waals surface area contributed by atoms with Gasteiger partial charge in [0.05, 0.1) is 30.3 Å². The number of imide groups is 1. The molecule has 37 heavy (non-hydrogen) atoms. The van der Waals surface area contributed by atoms with Gasteiger partial charge in [-0.25, -0.2) is 0 Å². The molecule has 0 spiro atoms. The van der Waals surface area contributed by atoms with Gasteiger partial charge in [-0.15, -0.1) is 0 Å². The summed E-state index contributed by atoms with van der Waals surface area (Å²) in [6.45, 7) is 0.811. The van der Waals surface area contributed by atoms with Crippen LogP contribution in [-0.2, 0) is 28.1 Å². The smallest absolute Gasteiger partial charge is 0.235 e. The van der Waals surface area contributed by atoms with Crippen molar-refractivity contribution in [1.82, 2.24) is 4.90 Å². The number of amides is 2. The van der Waals surface area contributed by atoms with E-state index < -0.39 is 17.3 Å². The Bertz CT molecular complexity index is 1500. The van der Waals surface area contributed by atoms with Gasteiger partial charge in [0.1, 0.15) is 0 Å².